The molecule has 1 amide bonds. The fraction of sp³-hybridized carbons (Fsp3) is 0.929. The molecule has 1 saturated carbocycles. The van der Waals surface area contributed by atoms with Crippen LogP contribution in [0.3, 0.4) is 0 Å². The Morgan fingerprint density at radius 3 is 2.06 bits per heavy atom. The lowest BCUT2D eigenvalue weighted by Gasteiger charge is -2.37. The monoisotopic (exact) mass is 225 g/mol. The van der Waals surface area contributed by atoms with Gasteiger partial charge >= 0.3 is 0 Å². The predicted octanol–water partition coefficient (Wildman–Crippen LogP) is 3.32. The Morgan fingerprint density at radius 2 is 1.69 bits per heavy atom. The number of rotatable bonds is 2. The molecule has 0 bridgehead atoms. The van der Waals surface area contributed by atoms with Crippen LogP contribution in [0, 0.1) is 17.3 Å². The summed E-state index contributed by atoms with van der Waals surface area (Å²) in [5.74, 6) is 1.45. The third-order valence-corrected chi connectivity index (χ3v) is 4.15. The molecule has 16 heavy (non-hydrogen) atoms. The summed E-state index contributed by atoms with van der Waals surface area (Å²) >= 11 is 0. The number of hydrogen-bond donors (Lipinski definition) is 0. The lowest BCUT2D eigenvalue weighted by atomic mass is 9.69. The van der Waals surface area contributed by atoms with E-state index in [0.29, 0.717) is 17.2 Å². The van der Waals surface area contributed by atoms with Gasteiger partial charge in [0.25, 0.3) is 0 Å². The first-order valence-corrected chi connectivity index (χ1v) is 6.61. The second kappa shape index (κ2) is 5.20. The molecule has 2 nitrogen and oxygen atoms in total. The van der Waals surface area contributed by atoms with Crippen LogP contribution in [0.25, 0.3) is 0 Å². The van der Waals surface area contributed by atoms with Gasteiger partial charge in [0, 0.05) is 19.5 Å². The molecule has 1 aliphatic rings. The molecule has 0 heterocycles. The molecule has 0 unspecified atom stereocenters. The lowest BCUT2D eigenvalue weighted by Crippen LogP contribution is -2.36. The van der Waals surface area contributed by atoms with Crippen molar-refractivity contribution in [2.45, 2.75) is 53.4 Å². The Labute approximate surface area is 100 Å². The SMILES string of the molecule is CCN(C)C(=O)[C@H]1CC[C@H](C(C)(C)C)CC1. The van der Waals surface area contributed by atoms with Crippen LogP contribution in [0.15, 0.2) is 0 Å². The normalized spacial score (nSPS) is 26.6. The standard InChI is InChI=1S/C14H27NO/c1-6-15(5)13(16)11-7-9-12(10-8-11)14(2,3)4/h11-12H,6-10H2,1-5H3/t11-,12-. The maximum atomic E-state index is 12.0. The van der Waals surface area contributed by atoms with E-state index in [1.54, 1.807) is 0 Å². The van der Waals surface area contributed by atoms with Crippen LogP contribution in [0.5, 0.6) is 0 Å². The summed E-state index contributed by atoms with van der Waals surface area (Å²) in [6.07, 6.45) is 4.62. The van der Waals surface area contributed by atoms with E-state index in [4.69, 9.17) is 0 Å². The molecule has 0 spiro atoms. The Kier molecular flexibility index (Phi) is 4.40. The van der Waals surface area contributed by atoms with Gasteiger partial charge in [0.2, 0.25) is 5.91 Å². The Bertz CT molecular complexity index is 234. The van der Waals surface area contributed by atoms with Crippen LogP contribution < -0.4 is 0 Å². The lowest BCUT2D eigenvalue weighted by molar-refractivity contribution is -0.135. The van der Waals surface area contributed by atoms with Crippen molar-refractivity contribution < 1.29 is 4.79 Å². The van der Waals surface area contributed by atoms with Crippen molar-refractivity contribution in [3.05, 3.63) is 0 Å². The first-order chi connectivity index (χ1) is 7.36. The summed E-state index contributed by atoms with van der Waals surface area (Å²) in [6.45, 7) is 9.82. The van der Waals surface area contributed by atoms with Crippen LogP contribution in [0.2, 0.25) is 0 Å². The van der Waals surface area contributed by atoms with E-state index in [1.165, 1.54) is 12.8 Å². The van der Waals surface area contributed by atoms with Crippen molar-refractivity contribution in [2.24, 2.45) is 17.3 Å². The molecule has 0 aliphatic heterocycles. The number of carbonyl (C=O) groups is 1. The summed E-state index contributed by atoms with van der Waals surface area (Å²) in [5.41, 5.74) is 0.407. The molecule has 0 saturated heterocycles. The largest absolute Gasteiger partial charge is 0.346 e. The second-order valence-electron chi connectivity index (χ2n) is 6.27. The van der Waals surface area contributed by atoms with Gasteiger partial charge in [-0.05, 0) is 43.9 Å². The highest BCUT2D eigenvalue weighted by molar-refractivity contribution is 5.78. The zero-order valence-electron chi connectivity index (χ0n) is 11.5. The molecule has 0 radical (unpaired) electrons. The van der Waals surface area contributed by atoms with Crippen LogP contribution in [-0.2, 0) is 4.79 Å². The van der Waals surface area contributed by atoms with Gasteiger partial charge in [0.15, 0.2) is 0 Å². The molecule has 1 aliphatic carbocycles. The third-order valence-electron chi connectivity index (χ3n) is 4.15. The average Bonchev–Trinajstić information content (AvgIpc) is 2.26. The summed E-state index contributed by atoms with van der Waals surface area (Å²) < 4.78 is 0. The van der Waals surface area contributed by atoms with Crippen molar-refractivity contribution in [2.75, 3.05) is 13.6 Å². The minimum atomic E-state index is 0.295. The van der Waals surface area contributed by atoms with E-state index in [9.17, 15) is 4.79 Å². The third kappa shape index (κ3) is 3.23. The van der Waals surface area contributed by atoms with Gasteiger partial charge in [-0.2, -0.15) is 0 Å². The molecule has 0 aromatic carbocycles. The van der Waals surface area contributed by atoms with E-state index < -0.39 is 0 Å². The van der Waals surface area contributed by atoms with Gasteiger partial charge in [0.1, 0.15) is 0 Å². The summed E-state index contributed by atoms with van der Waals surface area (Å²) in [4.78, 5) is 13.9. The molecule has 0 aromatic heterocycles. The molecule has 0 aromatic rings. The quantitative estimate of drug-likeness (QED) is 0.706. The first kappa shape index (κ1) is 13.5. The van der Waals surface area contributed by atoms with E-state index >= 15 is 0 Å². The molecular formula is C14H27NO. The number of hydrogen-bond acceptors (Lipinski definition) is 1. The second-order valence-corrected chi connectivity index (χ2v) is 6.27. The van der Waals surface area contributed by atoms with Gasteiger partial charge in [0.05, 0.1) is 0 Å². The van der Waals surface area contributed by atoms with E-state index in [1.807, 2.05) is 18.9 Å². The van der Waals surface area contributed by atoms with Crippen molar-refractivity contribution in [1.82, 2.24) is 4.90 Å². The molecule has 1 fully saturated rings. The zero-order valence-corrected chi connectivity index (χ0v) is 11.5. The van der Waals surface area contributed by atoms with Crippen LogP contribution in [0.4, 0.5) is 0 Å². The minimum Gasteiger partial charge on any atom is -0.346 e. The van der Waals surface area contributed by atoms with Gasteiger partial charge < -0.3 is 4.90 Å². The fourth-order valence-corrected chi connectivity index (χ4v) is 2.67. The summed E-state index contributed by atoms with van der Waals surface area (Å²) in [7, 11) is 1.91. The molecule has 94 valence electrons. The van der Waals surface area contributed by atoms with Gasteiger partial charge in [-0.15, -0.1) is 0 Å². The Hall–Kier alpha value is -0.530. The van der Waals surface area contributed by atoms with Crippen molar-refractivity contribution >= 4 is 5.91 Å². The molecule has 2 heteroatoms. The maximum absolute atomic E-state index is 12.0. The topological polar surface area (TPSA) is 20.3 Å². The van der Waals surface area contributed by atoms with E-state index in [-0.39, 0.29) is 0 Å². The minimum absolute atomic E-state index is 0.295. The zero-order chi connectivity index (χ0) is 12.3. The van der Waals surface area contributed by atoms with Crippen LogP contribution in [0.1, 0.15) is 53.4 Å². The number of amides is 1. The smallest absolute Gasteiger partial charge is 0.225 e. The first-order valence-electron chi connectivity index (χ1n) is 6.61. The highest BCUT2D eigenvalue weighted by Gasteiger charge is 2.32. The van der Waals surface area contributed by atoms with E-state index in [2.05, 4.69) is 20.8 Å². The number of carbonyl (C=O) groups excluding carboxylic acids is 1. The van der Waals surface area contributed by atoms with Crippen LogP contribution in [-0.4, -0.2) is 24.4 Å². The summed E-state index contributed by atoms with van der Waals surface area (Å²) in [5, 5.41) is 0. The molecule has 0 atom stereocenters. The van der Waals surface area contributed by atoms with Crippen molar-refractivity contribution in [3.63, 3.8) is 0 Å². The van der Waals surface area contributed by atoms with Gasteiger partial charge in [-0.3, -0.25) is 4.79 Å². The maximum Gasteiger partial charge on any atom is 0.225 e. The van der Waals surface area contributed by atoms with Crippen LogP contribution >= 0.6 is 0 Å². The highest BCUT2D eigenvalue weighted by atomic mass is 16.2. The average molecular weight is 225 g/mol. The Morgan fingerprint density at radius 1 is 1.19 bits per heavy atom. The van der Waals surface area contributed by atoms with Gasteiger partial charge in [-0.1, -0.05) is 20.8 Å². The fourth-order valence-electron chi connectivity index (χ4n) is 2.67. The predicted molar refractivity (Wildman–Crippen MR) is 68.2 cm³/mol. The van der Waals surface area contributed by atoms with Crippen molar-refractivity contribution in [3.8, 4) is 0 Å². The van der Waals surface area contributed by atoms with Crippen molar-refractivity contribution in [1.29, 1.82) is 0 Å². The Balaban J connectivity index is 2.46. The summed E-state index contributed by atoms with van der Waals surface area (Å²) in [6, 6.07) is 0. The molecule has 1 rings (SSSR count). The van der Waals surface area contributed by atoms with E-state index in [0.717, 1.165) is 25.3 Å². The highest BCUT2D eigenvalue weighted by Crippen LogP contribution is 2.40. The number of nitrogens with zero attached hydrogens (tertiary/aromatic N) is 1. The molecular weight excluding hydrogens is 198 g/mol. The van der Waals surface area contributed by atoms with Gasteiger partial charge in [-0.25, -0.2) is 0 Å². The molecule has 0 N–H and O–H groups in total.